The molecule has 2 atom stereocenters. The van der Waals surface area contributed by atoms with Gasteiger partial charge in [0.1, 0.15) is 0 Å². The third-order valence-corrected chi connectivity index (χ3v) is 6.93. The van der Waals surface area contributed by atoms with Gasteiger partial charge in [0.25, 0.3) is 5.91 Å². The highest BCUT2D eigenvalue weighted by Crippen LogP contribution is 2.35. The van der Waals surface area contributed by atoms with Gasteiger partial charge in [-0.1, -0.05) is 66.7 Å². The predicted octanol–water partition coefficient (Wildman–Crippen LogP) is 5.32. The number of carbonyl (C=O) groups is 1. The van der Waals surface area contributed by atoms with Gasteiger partial charge in [-0.3, -0.25) is 4.79 Å². The van der Waals surface area contributed by atoms with E-state index in [2.05, 4.69) is 58.3 Å². The maximum atomic E-state index is 13.9. The van der Waals surface area contributed by atoms with Crippen LogP contribution in [0.3, 0.4) is 0 Å². The lowest BCUT2D eigenvalue weighted by molar-refractivity contribution is 0.0513. The normalized spacial score (nSPS) is 22.5. The van der Waals surface area contributed by atoms with Crippen LogP contribution < -0.4 is 0 Å². The third kappa shape index (κ3) is 3.75. The Morgan fingerprint density at radius 3 is 2.37 bits per heavy atom. The quantitative estimate of drug-likeness (QED) is 0.593. The van der Waals surface area contributed by atoms with E-state index in [1.54, 1.807) is 0 Å². The lowest BCUT2D eigenvalue weighted by atomic mass is 9.82. The zero-order valence-corrected chi connectivity index (χ0v) is 17.5. The molecule has 154 valence electrons. The monoisotopic (exact) mass is 398 g/mol. The Morgan fingerprint density at radius 1 is 0.800 bits per heavy atom. The summed E-state index contributed by atoms with van der Waals surface area (Å²) in [5.41, 5.74) is 2.21. The van der Waals surface area contributed by atoms with E-state index in [0.29, 0.717) is 5.92 Å². The summed E-state index contributed by atoms with van der Waals surface area (Å²) in [6.45, 7) is 4.16. The van der Waals surface area contributed by atoms with Crippen LogP contribution in [0.5, 0.6) is 0 Å². The van der Waals surface area contributed by atoms with Gasteiger partial charge in [-0.25, -0.2) is 0 Å². The largest absolute Gasteiger partial charge is 0.334 e. The molecule has 0 saturated carbocycles. The summed E-state index contributed by atoms with van der Waals surface area (Å²) in [5, 5.41) is 2.20. The molecule has 3 heteroatoms. The van der Waals surface area contributed by atoms with Gasteiger partial charge in [-0.2, -0.15) is 0 Å². The second kappa shape index (κ2) is 8.61. The van der Waals surface area contributed by atoms with E-state index in [9.17, 15) is 4.79 Å². The molecular weight excluding hydrogens is 368 g/mol. The highest BCUT2D eigenvalue weighted by molar-refractivity contribution is 6.07. The maximum absolute atomic E-state index is 13.9. The van der Waals surface area contributed by atoms with Gasteiger partial charge in [0.15, 0.2) is 0 Å². The number of hydrogen-bond acceptors (Lipinski definition) is 2. The molecule has 0 aromatic heterocycles. The van der Waals surface area contributed by atoms with Crippen molar-refractivity contribution in [3.05, 3.63) is 83.9 Å². The number of benzene rings is 3. The van der Waals surface area contributed by atoms with Gasteiger partial charge < -0.3 is 9.80 Å². The molecule has 1 amide bonds. The average Bonchev–Trinajstić information content (AvgIpc) is 3.32. The van der Waals surface area contributed by atoms with Gasteiger partial charge in [-0.05, 0) is 61.2 Å². The number of likely N-dealkylation sites (tertiary alicyclic amines) is 2. The van der Waals surface area contributed by atoms with Crippen molar-refractivity contribution in [2.45, 2.75) is 37.6 Å². The lowest BCUT2D eigenvalue weighted by Gasteiger charge is -2.43. The minimum atomic E-state index is 0.191. The van der Waals surface area contributed by atoms with Crippen LogP contribution in [0.25, 0.3) is 10.8 Å². The third-order valence-electron chi connectivity index (χ3n) is 6.93. The summed E-state index contributed by atoms with van der Waals surface area (Å²) in [6, 6.07) is 25.4. The number of piperidine rings is 1. The fourth-order valence-electron chi connectivity index (χ4n) is 5.42. The first-order valence-corrected chi connectivity index (χ1v) is 11.4. The van der Waals surface area contributed by atoms with Crippen LogP contribution in [0.4, 0.5) is 0 Å². The van der Waals surface area contributed by atoms with Crippen LogP contribution in [-0.2, 0) is 0 Å². The molecule has 3 aromatic rings. The fourth-order valence-corrected chi connectivity index (χ4v) is 5.42. The van der Waals surface area contributed by atoms with Crippen LogP contribution >= 0.6 is 0 Å². The van der Waals surface area contributed by atoms with Crippen molar-refractivity contribution in [2.75, 3.05) is 26.2 Å². The molecule has 0 unspecified atom stereocenters. The highest BCUT2D eigenvalue weighted by Gasteiger charge is 2.37. The molecule has 5 rings (SSSR count). The number of carbonyl (C=O) groups excluding carboxylic acids is 1. The van der Waals surface area contributed by atoms with Gasteiger partial charge >= 0.3 is 0 Å². The van der Waals surface area contributed by atoms with Crippen LogP contribution in [0.15, 0.2) is 72.8 Å². The molecule has 2 aliphatic heterocycles. The second-order valence-electron chi connectivity index (χ2n) is 8.76. The molecule has 2 heterocycles. The van der Waals surface area contributed by atoms with E-state index < -0.39 is 0 Å². The number of nitrogens with zero attached hydrogens (tertiary/aromatic N) is 2. The molecule has 0 spiro atoms. The molecule has 3 nitrogen and oxygen atoms in total. The smallest absolute Gasteiger partial charge is 0.254 e. The van der Waals surface area contributed by atoms with Gasteiger partial charge in [0.05, 0.1) is 6.04 Å². The summed E-state index contributed by atoms with van der Waals surface area (Å²) >= 11 is 0. The minimum Gasteiger partial charge on any atom is -0.334 e. The topological polar surface area (TPSA) is 23.6 Å². The number of rotatable bonds is 4. The Labute approximate surface area is 179 Å². The molecule has 2 fully saturated rings. The summed E-state index contributed by atoms with van der Waals surface area (Å²) in [5.74, 6) is 0.594. The minimum absolute atomic E-state index is 0.191. The second-order valence-corrected chi connectivity index (χ2v) is 8.76. The van der Waals surface area contributed by atoms with Crippen molar-refractivity contribution in [1.82, 2.24) is 9.80 Å². The van der Waals surface area contributed by atoms with Crippen molar-refractivity contribution in [3.8, 4) is 0 Å². The van der Waals surface area contributed by atoms with Crippen LogP contribution in [0.1, 0.15) is 47.5 Å². The van der Waals surface area contributed by atoms with Crippen molar-refractivity contribution >= 4 is 16.7 Å². The van der Waals surface area contributed by atoms with Crippen molar-refractivity contribution in [1.29, 1.82) is 0 Å². The van der Waals surface area contributed by atoms with E-state index >= 15 is 0 Å². The van der Waals surface area contributed by atoms with Crippen LogP contribution in [0.2, 0.25) is 0 Å². The Bertz CT molecular complexity index is 1000. The summed E-state index contributed by atoms with van der Waals surface area (Å²) in [7, 11) is 0. The van der Waals surface area contributed by atoms with E-state index in [1.165, 1.54) is 18.4 Å². The van der Waals surface area contributed by atoms with Crippen molar-refractivity contribution < 1.29 is 4.79 Å². The molecule has 2 saturated heterocycles. The molecule has 0 aliphatic carbocycles. The van der Waals surface area contributed by atoms with Gasteiger partial charge in [0.2, 0.25) is 0 Å². The zero-order chi connectivity index (χ0) is 20.3. The molecule has 3 aromatic carbocycles. The molecule has 30 heavy (non-hydrogen) atoms. The van der Waals surface area contributed by atoms with Gasteiger partial charge in [-0.15, -0.1) is 0 Å². The van der Waals surface area contributed by atoms with E-state index in [0.717, 1.165) is 55.4 Å². The number of hydrogen-bond donors (Lipinski definition) is 0. The van der Waals surface area contributed by atoms with E-state index in [1.807, 2.05) is 24.3 Å². The summed E-state index contributed by atoms with van der Waals surface area (Å²) in [4.78, 5) is 18.6. The molecule has 0 bridgehead atoms. The van der Waals surface area contributed by atoms with Crippen molar-refractivity contribution in [3.63, 3.8) is 0 Å². The predicted molar refractivity (Wildman–Crippen MR) is 123 cm³/mol. The SMILES string of the molecule is O=C(c1cccc2ccccc12)N1CCC[C@H](c2ccccc2)[C@@H]1CN1CCCC1. The van der Waals surface area contributed by atoms with Gasteiger partial charge in [0, 0.05) is 24.6 Å². The molecular formula is C27H30N2O. The Balaban J connectivity index is 1.51. The Morgan fingerprint density at radius 2 is 1.53 bits per heavy atom. The van der Waals surface area contributed by atoms with E-state index in [4.69, 9.17) is 0 Å². The van der Waals surface area contributed by atoms with Crippen LogP contribution in [-0.4, -0.2) is 47.9 Å². The Hall–Kier alpha value is -2.65. The number of amides is 1. The molecule has 0 radical (unpaired) electrons. The average molecular weight is 399 g/mol. The van der Waals surface area contributed by atoms with E-state index in [-0.39, 0.29) is 11.9 Å². The maximum Gasteiger partial charge on any atom is 0.254 e. The zero-order valence-electron chi connectivity index (χ0n) is 17.5. The highest BCUT2D eigenvalue weighted by atomic mass is 16.2. The standard InChI is InChI=1S/C27H30N2O/c30-27(25-15-8-13-21-12-4-5-14-23(21)25)29-19-9-16-24(22-10-2-1-3-11-22)26(29)20-28-17-6-7-18-28/h1-5,8,10-15,24,26H,6-7,9,16-20H2/t24-,26+/m1/s1. The molecule has 2 aliphatic rings. The summed E-state index contributed by atoms with van der Waals surface area (Å²) < 4.78 is 0. The summed E-state index contributed by atoms with van der Waals surface area (Å²) in [6.07, 6.45) is 4.77. The fraction of sp³-hybridized carbons (Fsp3) is 0.370. The first-order chi connectivity index (χ1) is 14.8. The Kier molecular flexibility index (Phi) is 5.54. The number of fused-ring (bicyclic) bond motifs is 1. The lowest BCUT2D eigenvalue weighted by Crippen LogP contribution is -2.52. The first kappa shape index (κ1) is 19.3. The first-order valence-electron chi connectivity index (χ1n) is 11.4. The van der Waals surface area contributed by atoms with Crippen LogP contribution in [0, 0.1) is 0 Å². The van der Waals surface area contributed by atoms with Crippen molar-refractivity contribution in [2.24, 2.45) is 0 Å². The molecule has 0 N–H and O–H groups in total.